The number of rotatable bonds is 6. The van der Waals surface area contributed by atoms with Crippen LogP contribution in [0.4, 0.5) is 5.69 Å². The van der Waals surface area contributed by atoms with E-state index in [2.05, 4.69) is 58.6 Å². The average Bonchev–Trinajstić information content (AvgIpc) is 2.75. The van der Waals surface area contributed by atoms with E-state index in [1.807, 2.05) is 11.0 Å². The predicted molar refractivity (Wildman–Crippen MR) is 122 cm³/mol. The van der Waals surface area contributed by atoms with Gasteiger partial charge >= 0.3 is 0 Å². The average molecular weight is 421 g/mol. The summed E-state index contributed by atoms with van der Waals surface area (Å²) in [6.07, 6.45) is 1.32. The normalized spacial score (nSPS) is 20.7. The van der Waals surface area contributed by atoms with Gasteiger partial charge < -0.3 is 20.2 Å². The number of carbonyl (C=O) groups excluding carboxylic acids is 1. The van der Waals surface area contributed by atoms with Crippen molar-refractivity contribution >= 4 is 11.6 Å². The summed E-state index contributed by atoms with van der Waals surface area (Å²) in [5.74, 6) is 0.0404. The van der Waals surface area contributed by atoms with Gasteiger partial charge in [-0.1, -0.05) is 30.3 Å². The van der Waals surface area contributed by atoms with E-state index >= 15 is 0 Å². The smallest absolute Gasteiger partial charge is 0.254 e. The number of aliphatic hydroxyl groups excluding tert-OH is 1. The highest BCUT2D eigenvalue weighted by molar-refractivity contribution is 5.97. The lowest BCUT2D eigenvalue weighted by Gasteiger charge is -2.37. The molecule has 1 fully saturated rings. The first-order valence-electron chi connectivity index (χ1n) is 11.4. The number of anilines is 1. The zero-order chi connectivity index (χ0) is 21.4. The standard InChI is InChI=1S/C25H32N4O2/c1-27-14-22(15-27)26-21-7-6-19-9-11-29(25(31)24(19)12-21)17-23(30)16-28-10-8-18-4-2-3-5-20(18)13-28/h2-7,12,22-23,26,30H,8-11,13-17H2,1H3. The van der Waals surface area contributed by atoms with Gasteiger partial charge in [0.15, 0.2) is 0 Å². The number of amides is 1. The number of β-amino-alcohol motifs (C(OH)–C–C–N with tert-alkyl or cyclic N) is 1. The number of aliphatic hydroxyl groups is 1. The summed E-state index contributed by atoms with van der Waals surface area (Å²) in [6.45, 7) is 5.55. The summed E-state index contributed by atoms with van der Waals surface area (Å²) in [4.78, 5) is 19.5. The maximum atomic E-state index is 13.1. The van der Waals surface area contributed by atoms with Crippen LogP contribution in [0.3, 0.4) is 0 Å². The zero-order valence-corrected chi connectivity index (χ0v) is 18.3. The molecule has 1 unspecified atom stereocenters. The van der Waals surface area contributed by atoms with Crippen LogP contribution in [-0.2, 0) is 19.4 Å². The Morgan fingerprint density at radius 3 is 2.61 bits per heavy atom. The molecule has 2 aromatic carbocycles. The lowest BCUT2D eigenvalue weighted by molar-refractivity contribution is 0.0493. The van der Waals surface area contributed by atoms with Gasteiger partial charge in [-0.2, -0.15) is 0 Å². The number of likely N-dealkylation sites (tertiary alicyclic amines) is 1. The Kier molecular flexibility index (Phi) is 5.69. The van der Waals surface area contributed by atoms with Crippen molar-refractivity contribution in [3.8, 4) is 0 Å². The van der Waals surface area contributed by atoms with Crippen LogP contribution in [0, 0.1) is 0 Å². The third kappa shape index (κ3) is 4.47. The molecule has 164 valence electrons. The number of likely N-dealkylation sites (N-methyl/N-ethyl adjacent to an activating group) is 1. The van der Waals surface area contributed by atoms with Gasteiger partial charge in [0.05, 0.1) is 12.1 Å². The summed E-state index contributed by atoms with van der Waals surface area (Å²) in [7, 11) is 2.11. The molecule has 2 N–H and O–H groups in total. The maximum absolute atomic E-state index is 13.1. The fourth-order valence-corrected chi connectivity index (χ4v) is 5.13. The molecule has 3 heterocycles. The maximum Gasteiger partial charge on any atom is 0.254 e. The van der Waals surface area contributed by atoms with E-state index in [0.29, 0.717) is 25.7 Å². The van der Waals surface area contributed by atoms with Crippen LogP contribution in [0.25, 0.3) is 0 Å². The van der Waals surface area contributed by atoms with Crippen molar-refractivity contribution in [2.45, 2.75) is 31.5 Å². The lowest BCUT2D eigenvalue weighted by atomic mass is 9.97. The first-order valence-corrected chi connectivity index (χ1v) is 11.4. The third-order valence-electron chi connectivity index (χ3n) is 6.82. The first kappa shape index (κ1) is 20.5. The predicted octanol–water partition coefficient (Wildman–Crippen LogP) is 1.83. The van der Waals surface area contributed by atoms with Crippen molar-refractivity contribution in [3.63, 3.8) is 0 Å². The molecule has 6 nitrogen and oxygen atoms in total. The second-order valence-electron chi connectivity index (χ2n) is 9.34. The van der Waals surface area contributed by atoms with Gasteiger partial charge in [0.25, 0.3) is 5.91 Å². The number of nitrogens with one attached hydrogen (secondary N) is 1. The van der Waals surface area contributed by atoms with Crippen LogP contribution in [-0.4, -0.2) is 84.2 Å². The lowest BCUT2D eigenvalue weighted by Crippen LogP contribution is -2.52. The van der Waals surface area contributed by atoms with Crippen molar-refractivity contribution in [1.29, 1.82) is 0 Å². The van der Waals surface area contributed by atoms with E-state index in [1.54, 1.807) is 0 Å². The number of benzene rings is 2. The minimum absolute atomic E-state index is 0.0404. The van der Waals surface area contributed by atoms with Crippen LogP contribution < -0.4 is 5.32 Å². The molecule has 31 heavy (non-hydrogen) atoms. The molecule has 3 aliphatic heterocycles. The fourth-order valence-electron chi connectivity index (χ4n) is 5.13. The molecule has 0 saturated carbocycles. The highest BCUT2D eigenvalue weighted by atomic mass is 16.3. The molecule has 0 spiro atoms. The van der Waals surface area contributed by atoms with Crippen LogP contribution in [0.1, 0.15) is 27.0 Å². The van der Waals surface area contributed by atoms with E-state index in [9.17, 15) is 9.90 Å². The Morgan fingerprint density at radius 1 is 1.03 bits per heavy atom. The SMILES string of the molecule is CN1CC(Nc2ccc3c(c2)C(=O)N(CC(O)CN2CCc4ccccc4C2)CC3)C1. The van der Waals surface area contributed by atoms with Gasteiger partial charge in [0.1, 0.15) is 0 Å². The molecule has 0 aromatic heterocycles. The monoisotopic (exact) mass is 420 g/mol. The number of hydrogen-bond acceptors (Lipinski definition) is 5. The largest absolute Gasteiger partial charge is 0.390 e. The minimum Gasteiger partial charge on any atom is -0.390 e. The minimum atomic E-state index is -0.539. The molecule has 5 rings (SSSR count). The van der Waals surface area contributed by atoms with Crippen molar-refractivity contribution in [1.82, 2.24) is 14.7 Å². The van der Waals surface area contributed by atoms with Gasteiger partial charge in [0.2, 0.25) is 0 Å². The summed E-state index contributed by atoms with van der Waals surface area (Å²) in [6, 6.07) is 15.2. The summed E-state index contributed by atoms with van der Waals surface area (Å²) in [5.41, 5.74) is 5.66. The van der Waals surface area contributed by atoms with Crippen molar-refractivity contribution in [2.75, 3.05) is 51.6 Å². The van der Waals surface area contributed by atoms with Crippen LogP contribution in [0.15, 0.2) is 42.5 Å². The second-order valence-corrected chi connectivity index (χ2v) is 9.34. The Morgan fingerprint density at radius 2 is 1.81 bits per heavy atom. The molecule has 0 aliphatic carbocycles. The Labute approximate surface area is 184 Å². The van der Waals surface area contributed by atoms with E-state index in [-0.39, 0.29) is 5.91 Å². The van der Waals surface area contributed by atoms with E-state index in [0.717, 1.165) is 55.8 Å². The molecule has 1 saturated heterocycles. The summed E-state index contributed by atoms with van der Waals surface area (Å²) < 4.78 is 0. The molecule has 1 amide bonds. The molecule has 6 heteroatoms. The molecule has 1 atom stereocenters. The highest BCUT2D eigenvalue weighted by Crippen LogP contribution is 2.25. The number of fused-ring (bicyclic) bond motifs is 2. The zero-order valence-electron chi connectivity index (χ0n) is 18.3. The Bertz CT molecular complexity index is 956. The van der Waals surface area contributed by atoms with Gasteiger partial charge in [-0.3, -0.25) is 9.69 Å². The van der Waals surface area contributed by atoms with E-state index in [1.165, 1.54) is 11.1 Å². The molecule has 3 aliphatic rings. The quantitative estimate of drug-likeness (QED) is 0.747. The van der Waals surface area contributed by atoms with Gasteiger partial charge in [0, 0.05) is 57.1 Å². The third-order valence-corrected chi connectivity index (χ3v) is 6.82. The van der Waals surface area contributed by atoms with Gasteiger partial charge in [-0.25, -0.2) is 0 Å². The van der Waals surface area contributed by atoms with E-state index in [4.69, 9.17) is 0 Å². The molecular formula is C25H32N4O2. The van der Waals surface area contributed by atoms with Gasteiger partial charge in [-0.15, -0.1) is 0 Å². The second kappa shape index (κ2) is 8.61. The summed E-state index contributed by atoms with van der Waals surface area (Å²) in [5, 5.41) is 14.3. The van der Waals surface area contributed by atoms with Crippen molar-refractivity contribution in [2.24, 2.45) is 0 Å². The molecule has 0 radical (unpaired) electrons. The molecule has 0 bridgehead atoms. The fraction of sp³-hybridized carbons (Fsp3) is 0.480. The number of hydrogen-bond donors (Lipinski definition) is 2. The number of nitrogens with zero attached hydrogens (tertiary/aromatic N) is 3. The van der Waals surface area contributed by atoms with Crippen LogP contribution in [0.2, 0.25) is 0 Å². The van der Waals surface area contributed by atoms with E-state index < -0.39 is 6.10 Å². The first-order chi connectivity index (χ1) is 15.0. The Hall–Kier alpha value is -2.41. The highest BCUT2D eigenvalue weighted by Gasteiger charge is 2.28. The molecule has 2 aromatic rings. The number of carbonyl (C=O) groups is 1. The van der Waals surface area contributed by atoms with Crippen molar-refractivity contribution in [3.05, 3.63) is 64.7 Å². The van der Waals surface area contributed by atoms with Crippen LogP contribution >= 0.6 is 0 Å². The van der Waals surface area contributed by atoms with Gasteiger partial charge in [-0.05, 0) is 48.7 Å². The summed E-state index contributed by atoms with van der Waals surface area (Å²) >= 11 is 0. The topological polar surface area (TPSA) is 59.1 Å². The van der Waals surface area contributed by atoms with Crippen LogP contribution in [0.5, 0.6) is 0 Å². The van der Waals surface area contributed by atoms with Crippen molar-refractivity contribution < 1.29 is 9.90 Å². The molecular weight excluding hydrogens is 388 g/mol. The Balaban J connectivity index is 1.19.